The molecule has 0 rings (SSSR count). The third kappa shape index (κ3) is 25.1. The van der Waals surface area contributed by atoms with Crippen molar-refractivity contribution >= 4 is 77.1 Å². The van der Waals surface area contributed by atoms with Crippen LogP contribution in [0.3, 0.4) is 0 Å². The maximum Gasteiger partial charge on any atom is 0.322 e. The summed E-state index contributed by atoms with van der Waals surface area (Å²) in [7, 11) is 0. The van der Waals surface area contributed by atoms with Crippen molar-refractivity contribution in [2.24, 2.45) is 44.6 Å². The van der Waals surface area contributed by atoms with Crippen molar-refractivity contribution in [1.82, 2.24) is 42.5 Å². The zero-order valence-corrected chi connectivity index (χ0v) is 36.7. The molecule has 0 aromatic rings. The molecule has 0 aromatic carbocycles. The van der Waals surface area contributed by atoms with Crippen LogP contribution < -0.4 is 71.2 Å². The molecule has 0 bridgehead atoms. The zero-order chi connectivity index (χ0) is 50.7. The lowest BCUT2D eigenvalue weighted by atomic mass is 10.0. The number of aliphatic imine (C=N–C) groups is 2. The van der Waals surface area contributed by atoms with Crippen molar-refractivity contribution in [2.45, 2.75) is 108 Å². The van der Waals surface area contributed by atoms with Crippen LogP contribution in [0.1, 0.15) is 65.7 Å². The van der Waals surface area contributed by atoms with Crippen molar-refractivity contribution in [1.29, 1.82) is 0 Å². The van der Waals surface area contributed by atoms with Crippen molar-refractivity contribution in [3.05, 3.63) is 0 Å². The molecule has 0 aliphatic carbocycles. The predicted octanol–water partition coefficient (Wildman–Crippen LogP) is -8.35. The molecular formula is C36H63N15O15. The number of carbonyl (C=O) groups excluding carboxylic acids is 8. The molecule has 0 aliphatic rings. The highest BCUT2D eigenvalue weighted by atomic mass is 16.4. The lowest BCUT2D eigenvalue weighted by Crippen LogP contribution is -2.60. The van der Waals surface area contributed by atoms with Crippen LogP contribution in [-0.2, 0) is 52.7 Å². The zero-order valence-electron chi connectivity index (χ0n) is 36.7. The maximum absolute atomic E-state index is 13.8. The fourth-order valence-electron chi connectivity index (χ4n) is 5.38. The van der Waals surface area contributed by atoms with Crippen LogP contribution in [0.25, 0.3) is 0 Å². The minimum absolute atomic E-state index is 0.0168. The summed E-state index contributed by atoms with van der Waals surface area (Å²) in [6.07, 6.45) is -2.14. The normalized spacial score (nSPS) is 13.8. The number of carboxylic acid groups (broad SMARTS) is 3. The molecule has 0 radical (unpaired) electrons. The fourth-order valence-corrected chi connectivity index (χ4v) is 5.38. The maximum atomic E-state index is 13.8. The number of aliphatic hydroxyl groups is 1. The second kappa shape index (κ2) is 30.7. The van der Waals surface area contributed by atoms with E-state index in [0.717, 1.165) is 0 Å². The molecule has 0 aliphatic heterocycles. The molecular weight excluding hydrogens is 882 g/mol. The van der Waals surface area contributed by atoms with Gasteiger partial charge in [0.1, 0.15) is 42.8 Å². The summed E-state index contributed by atoms with van der Waals surface area (Å²) in [5.74, 6) is -13.3. The summed E-state index contributed by atoms with van der Waals surface area (Å²) >= 11 is 0. The first-order chi connectivity index (χ1) is 30.8. The summed E-state index contributed by atoms with van der Waals surface area (Å²) in [4.78, 5) is 146. The SMILES string of the molecule is CC(C)[C@H](NC(=O)CNC(=O)[C@@H](N)CC(=O)O)C(=O)N[C@@H](CCCN=C(N)N)C(=O)N[C@@H](CCC(=O)O)C(=O)N[C@@H](C)C(=O)N[C@@H](CCCN=C(N)N)C(=O)N[C@@H](CO)C(=O)NCC(=O)O. The Morgan fingerprint density at radius 2 is 0.970 bits per heavy atom. The van der Waals surface area contributed by atoms with E-state index in [4.69, 9.17) is 38.9 Å². The second-order valence-electron chi connectivity index (χ2n) is 14.8. The molecule has 22 N–H and O–H groups in total. The molecule has 0 saturated carbocycles. The molecule has 0 unspecified atom stereocenters. The van der Waals surface area contributed by atoms with Gasteiger partial charge in [0.15, 0.2) is 11.9 Å². The number of nitrogens with zero attached hydrogens (tertiary/aromatic N) is 2. The predicted molar refractivity (Wildman–Crippen MR) is 230 cm³/mol. The van der Waals surface area contributed by atoms with Crippen LogP contribution in [0, 0.1) is 5.92 Å². The topological polar surface area (TPSA) is 520 Å². The van der Waals surface area contributed by atoms with Crippen LogP contribution in [0.15, 0.2) is 9.98 Å². The highest BCUT2D eigenvalue weighted by Crippen LogP contribution is 2.08. The van der Waals surface area contributed by atoms with E-state index >= 15 is 0 Å². The van der Waals surface area contributed by atoms with Crippen LogP contribution in [0.5, 0.6) is 0 Å². The minimum atomic E-state index is -1.66. The van der Waals surface area contributed by atoms with Crippen molar-refractivity contribution in [3.8, 4) is 0 Å². The first kappa shape index (κ1) is 58.6. The Labute approximate surface area is 377 Å². The van der Waals surface area contributed by atoms with E-state index in [2.05, 4.69) is 47.2 Å². The molecule has 0 fully saturated rings. The van der Waals surface area contributed by atoms with Crippen LogP contribution in [0.2, 0.25) is 0 Å². The Morgan fingerprint density at radius 3 is 1.42 bits per heavy atom. The van der Waals surface area contributed by atoms with Gasteiger partial charge in [-0.1, -0.05) is 13.8 Å². The number of aliphatic hydroxyl groups excluding tert-OH is 1. The van der Waals surface area contributed by atoms with Gasteiger partial charge in [-0.2, -0.15) is 0 Å². The first-order valence-corrected chi connectivity index (χ1v) is 20.3. The largest absolute Gasteiger partial charge is 0.481 e. The van der Waals surface area contributed by atoms with E-state index in [9.17, 15) is 63.0 Å². The number of carbonyl (C=O) groups is 11. The first-order valence-electron chi connectivity index (χ1n) is 20.3. The molecule has 30 nitrogen and oxygen atoms in total. The summed E-state index contributed by atoms with van der Waals surface area (Å²) in [5.41, 5.74) is 26.9. The number of amides is 8. The molecule has 0 aromatic heterocycles. The Hall–Kier alpha value is -7.37. The standard InChI is InChI=1S/C36H63N15O15/c1-16(2)27(51-23(53)13-44-29(61)18(37)12-25(56)57)34(66)49-20(7-5-11-43-36(40)41)32(64)48-21(8-9-24(54)55)31(63)46-17(3)28(60)47-19(6-4-10-42-35(38)39)33(65)50-22(15-52)30(62)45-14-26(58)59/h16-22,27,52H,4-15,37H2,1-3H3,(H,44,61)(H,45,62)(H,46,63)(H,47,60)(H,48,64)(H,49,66)(H,50,65)(H,51,53)(H,54,55)(H,56,57)(H,58,59)(H4,38,39,42)(H4,40,41,43)/t17-,18-,19-,20-,21-,22-,27-/m0/s1. The number of rotatable bonds is 32. The van der Waals surface area contributed by atoms with Crippen molar-refractivity contribution in [3.63, 3.8) is 0 Å². The average Bonchev–Trinajstić information content (AvgIpc) is 3.22. The molecule has 0 spiro atoms. The van der Waals surface area contributed by atoms with Gasteiger partial charge in [-0.15, -0.1) is 0 Å². The van der Waals surface area contributed by atoms with Gasteiger partial charge in [0, 0.05) is 19.5 Å². The van der Waals surface area contributed by atoms with E-state index in [1.165, 1.54) is 6.92 Å². The van der Waals surface area contributed by atoms with Crippen LogP contribution in [-0.4, -0.2) is 173 Å². The summed E-state index contributed by atoms with van der Waals surface area (Å²) in [5, 5.41) is 55.0. The third-order valence-electron chi connectivity index (χ3n) is 8.84. The Kier molecular flexibility index (Phi) is 27.2. The highest BCUT2D eigenvalue weighted by molar-refractivity contribution is 5.98. The molecule has 0 saturated heterocycles. The average molecular weight is 946 g/mol. The number of aliphatic carboxylic acids is 3. The van der Waals surface area contributed by atoms with Gasteiger partial charge in [-0.25, -0.2) is 0 Å². The summed E-state index contributed by atoms with van der Waals surface area (Å²) in [6.45, 7) is 1.72. The third-order valence-corrected chi connectivity index (χ3v) is 8.84. The van der Waals surface area contributed by atoms with E-state index in [1.807, 2.05) is 5.32 Å². The molecule has 372 valence electrons. The number of hydrogen-bond acceptors (Lipinski definition) is 15. The fraction of sp³-hybridized carbons (Fsp3) is 0.639. The molecule has 7 atom stereocenters. The van der Waals surface area contributed by atoms with E-state index in [0.29, 0.717) is 0 Å². The number of hydrogen-bond donors (Lipinski definition) is 17. The van der Waals surface area contributed by atoms with Gasteiger partial charge in [0.2, 0.25) is 47.3 Å². The number of guanidine groups is 2. The molecule has 8 amide bonds. The van der Waals surface area contributed by atoms with Gasteiger partial charge in [-0.3, -0.25) is 62.7 Å². The van der Waals surface area contributed by atoms with E-state index in [-0.39, 0.29) is 50.7 Å². The second-order valence-corrected chi connectivity index (χ2v) is 14.8. The van der Waals surface area contributed by atoms with Crippen LogP contribution in [0.4, 0.5) is 0 Å². The van der Waals surface area contributed by atoms with Crippen molar-refractivity contribution < 1.29 is 73.2 Å². The summed E-state index contributed by atoms with van der Waals surface area (Å²) < 4.78 is 0. The number of nitrogens with one attached hydrogen (secondary N) is 8. The smallest absolute Gasteiger partial charge is 0.322 e. The Morgan fingerprint density at radius 1 is 0.515 bits per heavy atom. The van der Waals surface area contributed by atoms with Crippen LogP contribution >= 0.6 is 0 Å². The van der Waals surface area contributed by atoms with E-state index in [1.54, 1.807) is 13.8 Å². The molecule has 66 heavy (non-hydrogen) atoms. The lowest BCUT2D eigenvalue weighted by Gasteiger charge is -2.27. The van der Waals surface area contributed by atoms with Gasteiger partial charge in [0.05, 0.1) is 25.6 Å². The Balaban J connectivity index is 6.31. The van der Waals surface area contributed by atoms with Crippen molar-refractivity contribution in [2.75, 3.05) is 32.8 Å². The lowest BCUT2D eigenvalue weighted by molar-refractivity contribution is -0.140. The number of carboxylic acids is 3. The highest BCUT2D eigenvalue weighted by Gasteiger charge is 2.33. The summed E-state index contributed by atoms with van der Waals surface area (Å²) in [6, 6.07) is -10.5. The molecule has 0 heterocycles. The quantitative estimate of drug-likeness (QED) is 0.0169. The minimum Gasteiger partial charge on any atom is -0.481 e. The monoisotopic (exact) mass is 945 g/mol. The van der Waals surface area contributed by atoms with Gasteiger partial charge in [-0.05, 0) is 44.9 Å². The van der Waals surface area contributed by atoms with Gasteiger partial charge < -0.3 is 91.6 Å². The molecule has 30 heteroatoms. The van der Waals surface area contributed by atoms with Gasteiger partial charge >= 0.3 is 17.9 Å². The van der Waals surface area contributed by atoms with Gasteiger partial charge in [0.25, 0.3) is 0 Å². The number of nitrogens with two attached hydrogens (primary N) is 5. The Bertz CT molecular complexity index is 1790. The van der Waals surface area contributed by atoms with E-state index < -0.39 is 152 Å².